The second-order valence-electron chi connectivity index (χ2n) is 5.48. The minimum atomic E-state index is -0.911. The van der Waals surface area contributed by atoms with Crippen molar-refractivity contribution in [3.05, 3.63) is 29.8 Å². The average Bonchev–Trinajstić information content (AvgIpc) is 2.56. The highest BCUT2D eigenvalue weighted by atomic mass is 32.2. The van der Waals surface area contributed by atoms with Crippen LogP contribution in [0, 0.1) is 11.6 Å². The molecule has 2 rings (SSSR count). The first kappa shape index (κ1) is 18.7. The molecule has 1 aliphatic rings. The van der Waals surface area contributed by atoms with Gasteiger partial charge in [0.25, 0.3) is 0 Å². The zero-order valence-electron chi connectivity index (χ0n) is 13.6. The Morgan fingerprint density at radius 3 is 2.50 bits per heavy atom. The average molecular weight is 357 g/mol. The normalized spacial score (nSPS) is 15.4. The summed E-state index contributed by atoms with van der Waals surface area (Å²) in [5.74, 6) is -1.67. The van der Waals surface area contributed by atoms with Gasteiger partial charge in [-0.2, -0.15) is 0 Å². The summed E-state index contributed by atoms with van der Waals surface area (Å²) in [4.78, 5) is 28.0. The fourth-order valence-electron chi connectivity index (χ4n) is 2.41. The van der Waals surface area contributed by atoms with Crippen LogP contribution in [0.4, 0.5) is 8.78 Å². The van der Waals surface area contributed by atoms with E-state index in [4.69, 9.17) is 0 Å². The third-order valence-electron chi connectivity index (χ3n) is 3.72. The first-order chi connectivity index (χ1) is 11.5. The molecular formula is C16H21F2N3O2S. The number of benzene rings is 1. The van der Waals surface area contributed by atoms with Gasteiger partial charge in [0, 0.05) is 37.6 Å². The Balaban J connectivity index is 1.74. The molecule has 132 valence electrons. The highest BCUT2D eigenvalue weighted by Gasteiger charge is 2.22. The van der Waals surface area contributed by atoms with E-state index in [2.05, 4.69) is 5.32 Å². The van der Waals surface area contributed by atoms with Crippen LogP contribution in [-0.2, 0) is 9.59 Å². The van der Waals surface area contributed by atoms with Crippen molar-refractivity contribution in [3.8, 4) is 0 Å². The van der Waals surface area contributed by atoms with E-state index in [1.807, 2.05) is 11.8 Å². The standard InChI is InChI=1S/C16H21F2N3O2S/c1-2-19-15(22)10-20-5-7-21(8-6-20)16(23)11-24-12-3-4-13(17)14(18)9-12/h3-4,9H,2,5-8,10-11H2,1H3,(H,19,22). The summed E-state index contributed by atoms with van der Waals surface area (Å²) in [6.07, 6.45) is 0. The number of nitrogens with zero attached hydrogens (tertiary/aromatic N) is 2. The van der Waals surface area contributed by atoms with E-state index >= 15 is 0 Å². The van der Waals surface area contributed by atoms with E-state index in [0.29, 0.717) is 44.2 Å². The van der Waals surface area contributed by atoms with Crippen LogP contribution in [0.3, 0.4) is 0 Å². The number of halogens is 2. The number of rotatable bonds is 6. The van der Waals surface area contributed by atoms with Crippen LogP contribution in [-0.4, -0.2) is 66.6 Å². The predicted molar refractivity (Wildman–Crippen MR) is 88.8 cm³/mol. The molecular weight excluding hydrogens is 336 g/mol. The highest BCUT2D eigenvalue weighted by molar-refractivity contribution is 8.00. The van der Waals surface area contributed by atoms with Gasteiger partial charge in [0.15, 0.2) is 11.6 Å². The number of hydrogen-bond donors (Lipinski definition) is 1. The molecule has 0 aromatic heterocycles. The van der Waals surface area contributed by atoms with Crippen molar-refractivity contribution in [2.45, 2.75) is 11.8 Å². The SMILES string of the molecule is CCNC(=O)CN1CCN(C(=O)CSc2ccc(F)c(F)c2)CC1. The van der Waals surface area contributed by atoms with Crippen LogP contribution >= 0.6 is 11.8 Å². The van der Waals surface area contributed by atoms with Crippen LogP contribution in [0.2, 0.25) is 0 Å². The molecule has 1 aliphatic heterocycles. The molecule has 0 unspecified atom stereocenters. The summed E-state index contributed by atoms with van der Waals surface area (Å²) < 4.78 is 26.0. The Bertz CT molecular complexity index is 593. The van der Waals surface area contributed by atoms with E-state index in [1.165, 1.54) is 17.8 Å². The summed E-state index contributed by atoms with van der Waals surface area (Å²) in [7, 11) is 0. The number of nitrogens with one attached hydrogen (secondary N) is 1. The molecule has 0 atom stereocenters. The lowest BCUT2D eigenvalue weighted by Crippen LogP contribution is -2.51. The van der Waals surface area contributed by atoms with Gasteiger partial charge in [-0.05, 0) is 25.1 Å². The molecule has 1 aromatic rings. The quantitative estimate of drug-likeness (QED) is 0.781. The number of hydrogen-bond acceptors (Lipinski definition) is 4. The topological polar surface area (TPSA) is 52.7 Å². The Morgan fingerprint density at radius 2 is 1.88 bits per heavy atom. The Morgan fingerprint density at radius 1 is 1.17 bits per heavy atom. The van der Waals surface area contributed by atoms with Crippen molar-refractivity contribution in [2.24, 2.45) is 0 Å². The van der Waals surface area contributed by atoms with Crippen LogP contribution < -0.4 is 5.32 Å². The maximum absolute atomic E-state index is 13.1. The second-order valence-corrected chi connectivity index (χ2v) is 6.52. The van der Waals surface area contributed by atoms with Crippen molar-refractivity contribution in [3.63, 3.8) is 0 Å². The molecule has 0 bridgehead atoms. The second kappa shape index (κ2) is 8.98. The van der Waals surface area contributed by atoms with Crippen LogP contribution in [0.15, 0.2) is 23.1 Å². The van der Waals surface area contributed by atoms with Gasteiger partial charge >= 0.3 is 0 Å². The van der Waals surface area contributed by atoms with Gasteiger partial charge in [0.2, 0.25) is 11.8 Å². The maximum atomic E-state index is 13.1. The minimum absolute atomic E-state index is 0.00818. The minimum Gasteiger partial charge on any atom is -0.355 e. The molecule has 1 fully saturated rings. The van der Waals surface area contributed by atoms with Gasteiger partial charge < -0.3 is 10.2 Å². The van der Waals surface area contributed by atoms with E-state index in [9.17, 15) is 18.4 Å². The summed E-state index contributed by atoms with van der Waals surface area (Å²) in [6.45, 7) is 5.27. The third kappa shape index (κ3) is 5.45. The number of piperazine rings is 1. The molecule has 24 heavy (non-hydrogen) atoms. The molecule has 1 N–H and O–H groups in total. The van der Waals surface area contributed by atoms with Gasteiger partial charge in [-0.3, -0.25) is 14.5 Å². The van der Waals surface area contributed by atoms with Gasteiger partial charge in [0.05, 0.1) is 12.3 Å². The predicted octanol–water partition coefficient (Wildman–Crippen LogP) is 1.34. The van der Waals surface area contributed by atoms with Crippen LogP contribution in [0.1, 0.15) is 6.92 Å². The summed E-state index contributed by atoms with van der Waals surface area (Å²) in [5, 5.41) is 2.75. The highest BCUT2D eigenvalue weighted by Crippen LogP contribution is 2.21. The van der Waals surface area contributed by atoms with Gasteiger partial charge in [-0.25, -0.2) is 8.78 Å². The molecule has 8 heteroatoms. The number of carbonyl (C=O) groups is 2. The molecule has 0 saturated carbocycles. The molecule has 0 radical (unpaired) electrons. The first-order valence-corrected chi connectivity index (χ1v) is 8.83. The Labute approximate surface area is 144 Å². The van der Waals surface area contributed by atoms with E-state index in [0.717, 1.165) is 12.1 Å². The van der Waals surface area contributed by atoms with Crippen molar-refractivity contribution in [1.29, 1.82) is 0 Å². The molecule has 1 saturated heterocycles. The van der Waals surface area contributed by atoms with Crippen molar-refractivity contribution >= 4 is 23.6 Å². The van der Waals surface area contributed by atoms with E-state index in [1.54, 1.807) is 4.90 Å². The molecule has 0 spiro atoms. The lowest BCUT2D eigenvalue weighted by atomic mass is 10.3. The summed E-state index contributed by atoms with van der Waals surface area (Å²) >= 11 is 1.19. The van der Waals surface area contributed by atoms with E-state index in [-0.39, 0.29) is 17.6 Å². The van der Waals surface area contributed by atoms with Crippen molar-refractivity contribution in [2.75, 3.05) is 45.0 Å². The lowest BCUT2D eigenvalue weighted by Gasteiger charge is -2.34. The van der Waals surface area contributed by atoms with Gasteiger partial charge in [-0.15, -0.1) is 11.8 Å². The Kier molecular flexibility index (Phi) is 6.99. The summed E-state index contributed by atoms with van der Waals surface area (Å²) in [6, 6.07) is 3.61. The fraction of sp³-hybridized carbons (Fsp3) is 0.500. The maximum Gasteiger partial charge on any atom is 0.234 e. The van der Waals surface area contributed by atoms with Gasteiger partial charge in [0.1, 0.15) is 0 Å². The third-order valence-corrected chi connectivity index (χ3v) is 4.70. The van der Waals surface area contributed by atoms with E-state index < -0.39 is 11.6 Å². The lowest BCUT2D eigenvalue weighted by molar-refractivity contribution is -0.130. The fourth-order valence-corrected chi connectivity index (χ4v) is 3.24. The molecule has 1 aromatic carbocycles. The number of thioether (sulfide) groups is 1. The molecule has 1 heterocycles. The zero-order chi connectivity index (χ0) is 17.5. The molecule has 0 aliphatic carbocycles. The van der Waals surface area contributed by atoms with Crippen LogP contribution in [0.5, 0.6) is 0 Å². The monoisotopic (exact) mass is 357 g/mol. The van der Waals surface area contributed by atoms with Gasteiger partial charge in [-0.1, -0.05) is 0 Å². The molecule has 2 amide bonds. The Hall–Kier alpha value is -1.67. The van der Waals surface area contributed by atoms with Crippen LogP contribution in [0.25, 0.3) is 0 Å². The number of likely N-dealkylation sites (N-methyl/N-ethyl adjacent to an activating group) is 1. The van der Waals surface area contributed by atoms with Crippen molar-refractivity contribution in [1.82, 2.24) is 15.1 Å². The first-order valence-electron chi connectivity index (χ1n) is 7.84. The number of carbonyl (C=O) groups excluding carboxylic acids is 2. The summed E-state index contributed by atoms with van der Waals surface area (Å²) in [5.41, 5.74) is 0. The largest absolute Gasteiger partial charge is 0.355 e. The van der Waals surface area contributed by atoms with Crippen molar-refractivity contribution < 1.29 is 18.4 Å². The zero-order valence-corrected chi connectivity index (χ0v) is 14.4. The smallest absolute Gasteiger partial charge is 0.234 e. The number of amides is 2. The molecule has 5 nitrogen and oxygen atoms in total.